The van der Waals surface area contributed by atoms with E-state index in [0.29, 0.717) is 6.61 Å². The van der Waals surface area contributed by atoms with Crippen LogP contribution in [0.15, 0.2) is 42.5 Å². The summed E-state index contributed by atoms with van der Waals surface area (Å²) in [6.45, 7) is 4.43. The van der Waals surface area contributed by atoms with Crippen LogP contribution >= 0.6 is 0 Å². The van der Waals surface area contributed by atoms with Crippen molar-refractivity contribution < 1.29 is 38.0 Å². The van der Waals surface area contributed by atoms with Gasteiger partial charge in [0.1, 0.15) is 6.54 Å². The van der Waals surface area contributed by atoms with Crippen LogP contribution in [-0.2, 0) is 16.1 Å². The first-order valence-corrected chi connectivity index (χ1v) is 7.19. The predicted molar refractivity (Wildman–Crippen MR) is 82.1 cm³/mol. The lowest BCUT2D eigenvalue weighted by Gasteiger charge is -2.30. The lowest BCUT2D eigenvalue weighted by Crippen LogP contribution is -3.00. The van der Waals surface area contributed by atoms with E-state index in [1.165, 1.54) is 11.6 Å². The summed E-state index contributed by atoms with van der Waals surface area (Å²) in [5, 5.41) is 0. The van der Waals surface area contributed by atoms with Crippen LogP contribution < -0.4 is 24.0 Å². The highest BCUT2D eigenvalue weighted by Crippen LogP contribution is 2.10. The van der Waals surface area contributed by atoms with Crippen molar-refractivity contribution in [2.45, 2.75) is 26.3 Å². The van der Waals surface area contributed by atoms with E-state index < -0.39 is 0 Å². The van der Waals surface area contributed by atoms with Crippen LogP contribution in [0.5, 0.6) is 0 Å². The number of halogens is 1. The van der Waals surface area contributed by atoms with E-state index in [1.807, 2.05) is 13.0 Å². The molecule has 1 aromatic rings. The largest absolute Gasteiger partial charge is 1.00 e. The number of carbonyl (C=O) groups is 1. The molecule has 0 saturated carbocycles. The summed E-state index contributed by atoms with van der Waals surface area (Å²) in [4.78, 5) is 11.1. The van der Waals surface area contributed by atoms with Gasteiger partial charge >= 0.3 is 5.97 Å². The van der Waals surface area contributed by atoms with Gasteiger partial charge in [-0.1, -0.05) is 36.4 Å². The Balaban J connectivity index is 0.00000400. The molecule has 0 aliphatic carbocycles. The Bertz CT molecular complexity index is 430. The summed E-state index contributed by atoms with van der Waals surface area (Å²) < 4.78 is 6.03. The summed E-state index contributed by atoms with van der Waals surface area (Å²) >= 11 is 0. The van der Waals surface area contributed by atoms with Gasteiger partial charge in [-0.3, -0.25) is 0 Å². The van der Waals surface area contributed by atoms with Gasteiger partial charge < -0.3 is 33.2 Å². The van der Waals surface area contributed by atoms with Crippen molar-refractivity contribution in [2.75, 3.05) is 27.2 Å². The Hall–Kier alpha value is -0.880. The monoisotopic (exact) mass is 403 g/mol. The molecule has 0 heterocycles. The Labute approximate surface area is 145 Å². The molecule has 21 heavy (non-hydrogen) atoms. The normalized spacial score (nSPS) is 11.2. The number of ether oxygens (including phenoxy) is 1. The summed E-state index contributed by atoms with van der Waals surface area (Å²) in [6.07, 6.45) is 5.13. The molecule has 0 saturated heterocycles. The van der Waals surface area contributed by atoms with Crippen LogP contribution in [0.2, 0.25) is 0 Å². The second kappa shape index (κ2) is 10.8. The maximum atomic E-state index is 11.1. The van der Waals surface area contributed by atoms with Crippen molar-refractivity contribution in [3.05, 3.63) is 48.0 Å². The van der Waals surface area contributed by atoms with E-state index in [2.05, 4.69) is 38.4 Å². The maximum absolute atomic E-state index is 11.1. The number of unbranched alkanes of at least 4 members (excludes halogenated alkanes) is 1. The van der Waals surface area contributed by atoms with Crippen molar-refractivity contribution in [1.29, 1.82) is 0 Å². The van der Waals surface area contributed by atoms with Crippen molar-refractivity contribution in [3.8, 4) is 0 Å². The Morgan fingerprint density at radius 1 is 1.19 bits per heavy atom. The van der Waals surface area contributed by atoms with Crippen molar-refractivity contribution in [3.63, 3.8) is 0 Å². The van der Waals surface area contributed by atoms with Gasteiger partial charge in [0.25, 0.3) is 0 Å². The molecule has 0 N–H and O–H groups in total. The molecule has 0 aromatic heterocycles. The molecule has 0 bridgehead atoms. The molecule has 0 aliphatic heterocycles. The summed E-state index contributed by atoms with van der Waals surface area (Å²) in [5.74, 6) is -0.245. The first-order valence-electron chi connectivity index (χ1n) is 7.19. The molecule has 1 aromatic carbocycles. The van der Waals surface area contributed by atoms with Gasteiger partial charge in [-0.25, -0.2) is 4.79 Å². The fourth-order valence-corrected chi connectivity index (χ4v) is 2.16. The standard InChI is InChI=1S/C17H26NO2.HI/c1-4-10-17(19)20-14-9-8-13-18(2,3)15-16-11-6-5-7-12-16;/h4-7,10-12H,8-9,13-15H2,1-3H3;1H/q+1;/p-1. The van der Waals surface area contributed by atoms with E-state index in [4.69, 9.17) is 4.74 Å². The number of esters is 1. The topological polar surface area (TPSA) is 26.3 Å². The molecule has 0 fully saturated rings. The second-order valence-electron chi connectivity index (χ2n) is 5.68. The van der Waals surface area contributed by atoms with Gasteiger partial charge in [-0.05, 0) is 19.8 Å². The van der Waals surface area contributed by atoms with Crippen molar-refractivity contribution in [2.24, 2.45) is 0 Å². The number of hydrogen-bond acceptors (Lipinski definition) is 2. The highest BCUT2D eigenvalue weighted by atomic mass is 127. The van der Waals surface area contributed by atoms with E-state index in [9.17, 15) is 4.79 Å². The number of quaternary nitrogens is 1. The summed E-state index contributed by atoms with van der Waals surface area (Å²) in [5.41, 5.74) is 1.36. The lowest BCUT2D eigenvalue weighted by atomic mass is 10.2. The fourth-order valence-electron chi connectivity index (χ4n) is 2.16. The van der Waals surface area contributed by atoms with Crippen LogP contribution in [0.4, 0.5) is 0 Å². The average Bonchev–Trinajstić information content (AvgIpc) is 2.39. The zero-order valence-electron chi connectivity index (χ0n) is 13.2. The molecule has 0 atom stereocenters. The number of hydrogen-bond donors (Lipinski definition) is 0. The Kier molecular flexibility index (Phi) is 10.3. The van der Waals surface area contributed by atoms with Crippen LogP contribution in [0.25, 0.3) is 0 Å². The molecule has 4 heteroatoms. The third kappa shape index (κ3) is 9.63. The number of rotatable bonds is 8. The lowest BCUT2D eigenvalue weighted by molar-refractivity contribution is -0.903. The molecule has 0 aliphatic rings. The molecule has 118 valence electrons. The molecule has 0 unspecified atom stereocenters. The second-order valence-corrected chi connectivity index (χ2v) is 5.68. The third-order valence-electron chi connectivity index (χ3n) is 3.16. The Morgan fingerprint density at radius 3 is 2.48 bits per heavy atom. The fraction of sp³-hybridized carbons (Fsp3) is 0.471. The number of nitrogens with zero attached hydrogens (tertiary/aromatic N) is 1. The van der Waals surface area contributed by atoms with Crippen molar-refractivity contribution in [1.82, 2.24) is 0 Å². The van der Waals surface area contributed by atoms with E-state index in [0.717, 1.165) is 30.4 Å². The molecule has 0 radical (unpaired) electrons. The summed E-state index contributed by atoms with van der Waals surface area (Å²) in [6, 6.07) is 10.5. The number of benzene rings is 1. The Morgan fingerprint density at radius 2 is 1.86 bits per heavy atom. The number of allylic oxidation sites excluding steroid dienone is 1. The van der Waals surface area contributed by atoms with Crippen LogP contribution in [0.3, 0.4) is 0 Å². The minimum Gasteiger partial charge on any atom is -1.00 e. The highest BCUT2D eigenvalue weighted by molar-refractivity contribution is 5.81. The van der Waals surface area contributed by atoms with Gasteiger partial charge in [0, 0.05) is 11.6 Å². The molecule has 3 nitrogen and oxygen atoms in total. The molecular formula is C17H26INO2. The van der Waals surface area contributed by atoms with Gasteiger partial charge in [0.15, 0.2) is 0 Å². The molecular weight excluding hydrogens is 377 g/mol. The van der Waals surface area contributed by atoms with Crippen LogP contribution in [0.1, 0.15) is 25.3 Å². The third-order valence-corrected chi connectivity index (χ3v) is 3.16. The van der Waals surface area contributed by atoms with Gasteiger partial charge in [-0.2, -0.15) is 0 Å². The minimum atomic E-state index is -0.245. The average molecular weight is 403 g/mol. The maximum Gasteiger partial charge on any atom is 0.330 e. The highest BCUT2D eigenvalue weighted by Gasteiger charge is 2.15. The van der Waals surface area contributed by atoms with Crippen LogP contribution in [0, 0.1) is 0 Å². The number of carbonyl (C=O) groups excluding carboxylic acids is 1. The predicted octanol–water partition coefficient (Wildman–Crippen LogP) is 0.167. The zero-order valence-corrected chi connectivity index (χ0v) is 15.4. The van der Waals surface area contributed by atoms with E-state index >= 15 is 0 Å². The van der Waals surface area contributed by atoms with E-state index in [-0.39, 0.29) is 29.9 Å². The van der Waals surface area contributed by atoms with Gasteiger partial charge in [-0.15, -0.1) is 0 Å². The first-order chi connectivity index (χ1) is 9.53. The minimum absolute atomic E-state index is 0. The zero-order chi connectivity index (χ0) is 14.8. The molecule has 0 spiro atoms. The van der Waals surface area contributed by atoms with Crippen molar-refractivity contribution >= 4 is 5.97 Å². The SMILES string of the molecule is CC=CC(=O)OCCCC[N+](C)(C)Cc1ccccc1.[I-]. The van der Waals surface area contributed by atoms with Gasteiger partial charge in [0.2, 0.25) is 0 Å². The van der Waals surface area contributed by atoms with Gasteiger partial charge in [0.05, 0.1) is 27.2 Å². The smallest absolute Gasteiger partial charge is 0.330 e. The van der Waals surface area contributed by atoms with E-state index in [1.54, 1.807) is 6.08 Å². The molecule has 0 amide bonds. The van der Waals surface area contributed by atoms with Crippen LogP contribution in [-0.4, -0.2) is 37.7 Å². The molecule has 1 rings (SSSR count). The summed E-state index contributed by atoms with van der Waals surface area (Å²) in [7, 11) is 4.47. The quantitative estimate of drug-likeness (QED) is 0.203. The first kappa shape index (κ1) is 20.1.